The zero-order valence-electron chi connectivity index (χ0n) is 22.4. The second-order valence-electron chi connectivity index (χ2n) is 11.6. The van der Waals surface area contributed by atoms with Gasteiger partial charge in [-0.05, 0) is 36.0 Å². The molecule has 40 heavy (non-hydrogen) atoms. The summed E-state index contributed by atoms with van der Waals surface area (Å²) in [5, 5.41) is 4.68. The van der Waals surface area contributed by atoms with Gasteiger partial charge in [0.2, 0.25) is 0 Å². The molecule has 1 N–H and O–H groups in total. The van der Waals surface area contributed by atoms with Crippen LogP contribution in [0.2, 0.25) is 0 Å². The van der Waals surface area contributed by atoms with Gasteiger partial charge in [-0.2, -0.15) is 0 Å². The van der Waals surface area contributed by atoms with Crippen LogP contribution in [0.3, 0.4) is 0 Å². The lowest BCUT2D eigenvalue weighted by atomic mass is 9.85. The van der Waals surface area contributed by atoms with Crippen LogP contribution in [0.15, 0.2) is 85.1 Å². The van der Waals surface area contributed by atoms with E-state index in [0.29, 0.717) is 23.0 Å². The normalized spacial score (nSPS) is 20.9. The number of rotatable bonds is 4. The second-order valence-corrected chi connectivity index (χ2v) is 11.6. The molecule has 3 aliphatic heterocycles. The van der Waals surface area contributed by atoms with Crippen LogP contribution < -0.4 is 5.32 Å². The highest BCUT2D eigenvalue weighted by Gasteiger charge is 2.42. The van der Waals surface area contributed by atoms with Crippen LogP contribution in [-0.2, 0) is 36.1 Å². The Labute approximate surface area is 232 Å². The van der Waals surface area contributed by atoms with E-state index in [1.807, 2.05) is 48.1 Å². The van der Waals surface area contributed by atoms with Crippen molar-refractivity contribution in [3.63, 3.8) is 0 Å². The van der Waals surface area contributed by atoms with Gasteiger partial charge in [0.25, 0.3) is 11.8 Å². The molecule has 0 bridgehead atoms. The van der Waals surface area contributed by atoms with Gasteiger partial charge >= 0.3 is 0 Å². The van der Waals surface area contributed by atoms with Crippen LogP contribution in [0.1, 0.15) is 22.4 Å². The lowest BCUT2D eigenvalue weighted by Gasteiger charge is -2.28. The molecule has 3 aliphatic rings. The summed E-state index contributed by atoms with van der Waals surface area (Å²) < 4.78 is 4.46. The predicted molar refractivity (Wildman–Crippen MR) is 157 cm³/mol. The molecule has 2 atom stereocenters. The summed E-state index contributed by atoms with van der Waals surface area (Å²) in [6, 6.07) is 27.1. The van der Waals surface area contributed by atoms with Gasteiger partial charge in [-0.3, -0.25) is 19.8 Å². The third-order valence-corrected chi connectivity index (χ3v) is 9.20. The molecule has 0 saturated carbocycles. The Morgan fingerprint density at radius 2 is 1.43 bits per heavy atom. The number of aromatic nitrogens is 2. The third kappa shape index (κ3) is 3.45. The number of imide groups is 1. The number of hydrogen-bond donors (Lipinski definition) is 1. The molecule has 2 amide bonds. The molecule has 0 aliphatic carbocycles. The topological polar surface area (TPSA) is 59.3 Å². The summed E-state index contributed by atoms with van der Waals surface area (Å²) in [6.45, 7) is 4.01. The van der Waals surface area contributed by atoms with Gasteiger partial charge in [0.1, 0.15) is 0 Å². The summed E-state index contributed by atoms with van der Waals surface area (Å²) in [7, 11) is 1.98. The number of aryl methyl sites for hydroxylation is 1. The first kappa shape index (κ1) is 23.5. The van der Waals surface area contributed by atoms with Crippen molar-refractivity contribution in [2.45, 2.75) is 19.5 Å². The van der Waals surface area contributed by atoms with E-state index in [1.165, 1.54) is 11.3 Å². The van der Waals surface area contributed by atoms with Gasteiger partial charge < -0.3 is 9.13 Å². The first-order chi connectivity index (χ1) is 19.6. The first-order valence-corrected chi connectivity index (χ1v) is 14.1. The van der Waals surface area contributed by atoms with Crippen molar-refractivity contribution in [1.29, 1.82) is 0 Å². The lowest BCUT2D eigenvalue weighted by Crippen LogP contribution is -2.28. The number of benzene rings is 3. The number of hydrogen-bond acceptors (Lipinski definition) is 3. The van der Waals surface area contributed by atoms with Gasteiger partial charge in [0.15, 0.2) is 0 Å². The van der Waals surface area contributed by atoms with Crippen molar-refractivity contribution >= 4 is 44.8 Å². The predicted octanol–water partition coefficient (Wildman–Crippen LogP) is 5.00. The van der Waals surface area contributed by atoms with E-state index in [2.05, 4.69) is 63.3 Å². The Balaban J connectivity index is 1.27. The monoisotopic (exact) mass is 526 g/mol. The molecule has 2 aromatic heterocycles. The van der Waals surface area contributed by atoms with Crippen molar-refractivity contribution in [2.75, 3.05) is 13.1 Å². The fraction of sp³-hybridized carbons (Fsp3) is 0.235. The number of nitrogens with one attached hydrogen (secondary N) is 1. The van der Waals surface area contributed by atoms with Crippen LogP contribution in [0.25, 0.3) is 33.0 Å². The molecule has 3 aromatic carbocycles. The first-order valence-electron chi connectivity index (χ1n) is 14.1. The highest BCUT2D eigenvalue weighted by molar-refractivity contribution is 6.51. The molecule has 1 fully saturated rings. The lowest BCUT2D eigenvalue weighted by molar-refractivity contribution is -0.122. The van der Waals surface area contributed by atoms with Crippen molar-refractivity contribution < 1.29 is 9.59 Å². The van der Waals surface area contributed by atoms with Gasteiger partial charge in [-0.15, -0.1) is 0 Å². The van der Waals surface area contributed by atoms with E-state index < -0.39 is 0 Å². The molecular formula is C34H30N4O2. The molecule has 5 aromatic rings. The van der Waals surface area contributed by atoms with Crippen molar-refractivity contribution in [3.05, 3.63) is 107 Å². The van der Waals surface area contributed by atoms with Crippen LogP contribution in [0.4, 0.5) is 0 Å². The third-order valence-electron chi connectivity index (χ3n) is 9.20. The number of likely N-dealkylation sites (tertiary alicyclic amines) is 1. The average Bonchev–Trinajstić information content (AvgIpc) is 3.68. The van der Waals surface area contributed by atoms with E-state index in [-0.39, 0.29) is 11.8 Å². The van der Waals surface area contributed by atoms with Crippen LogP contribution in [-0.4, -0.2) is 38.9 Å². The Morgan fingerprint density at radius 1 is 0.750 bits per heavy atom. The van der Waals surface area contributed by atoms with Crippen LogP contribution in [0.5, 0.6) is 0 Å². The Bertz CT molecular complexity index is 1880. The molecule has 0 radical (unpaired) electrons. The smallest absolute Gasteiger partial charge is 0.259 e. The Morgan fingerprint density at radius 3 is 2.25 bits per heavy atom. The molecule has 6 nitrogen and oxygen atoms in total. The minimum atomic E-state index is -0.316. The van der Waals surface area contributed by atoms with Crippen LogP contribution in [0, 0.1) is 11.8 Å². The van der Waals surface area contributed by atoms with E-state index in [0.717, 1.165) is 65.5 Å². The minimum absolute atomic E-state index is 0.300. The fourth-order valence-electron chi connectivity index (χ4n) is 7.48. The molecule has 198 valence electrons. The number of carbonyl (C=O) groups excluding carboxylic acids is 2. The van der Waals surface area contributed by atoms with Crippen molar-refractivity contribution in [2.24, 2.45) is 18.9 Å². The number of nitrogens with zero attached hydrogens (tertiary/aromatic N) is 3. The molecule has 5 heterocycles. The maximum Gasteiger partial charge on any atom is 0.259 e. The number of para-hydroxylation sites is 2. The Hall–Kier alpha value is -4.42. The summed E-state index contributed by atoms with van der Waals surface area (Å²) >= 11 is 0. The number of fused-ring (bicyclic) bond motifs is 5. The summed E-state index contributed by atoms with van der Waals surface area (Å²) in [5.74, 6) is 0.460. The molecule has 0 unspecified atom stereocenters. The maximum atomic E-state index is 13.6. The van der Waals surface area contributed by atoms with Crippen molar-refractivity contribution in [3.8, 4) is 0 Å². The van der Waals surface area contributed by atoms with E-state index in [1.54, 1.807) is 0 Å². The molecule has 1 saturated heterocycles. The quantitative estimate of drug-likeness (QED) is 0.335. The van der Waals surface area contributed by atoms with E-state index in [4.69, 9.17) is 0 Å². The van der Waals surface area contributed by atoms with Gasteiger partial charge in [0.05, 0.1) is 11.1 Å². The van der Waals surface area contributed by atoms with Gasteiger partial charge in [-0.25, -0.2) is 0 Å². The zero-order chi connectivity index (χ0) is 27.0. The highest BCUT2D eigenvalue weighted by Crippen LogP contribution is 2.45. The SMILES string of the molecule is Cn1cc(C2=C(c3c4n(c5ccccc35)C[C@H]3CN(Cc5ccccc5)C[C@H]3C4)C(=O)NC2=O)c2ccccc21. The molecule has 6 heteroatoms. The summed E-state index contributed by atoms with van der Waals surface area (Å²) in [4.78, 5) is 29.6. The van der Waals surface area contributed by atoms with E-state index in [9.17, 15) is 9.59 Å². The molecule has 0 spiro atoms. The largest absolute Gasteiger partial charge is 0.350 e. The molecular weight excluding hydrogens is 496 g/mol. The van der Waals surface area contributed by atoms with Crippen LogP contribution >= 0.6 is 0 Å². The second kappa shape index (κ2) is 8.80. The summed E-state index contributed by atoms with van der Waals surface area (Å²) in [6.07, 6.45) is 2.88. The van der Waals surface area contributed by atoms with Gasteiger partial charge in [-0.1, -0.05) is 66.7 Å². The number of amides is 2. The summed E-state index contributed by atoms with van der Waals surface area (Å²) in [5.41, 5.74) is 7.45. The van der Waals surface area contributed by atoms with Crippen molar-refractivity contribution in [1.82, 2.24) is 19.4 Å². The maximum absolute atomic E-state index is 13.6. The molecule has 8 rings (SSSR count). The zero-order valence-corrected chi connectivity index (χ0v) is 22.4. The van der Waals surface area contributed by atoms with E-state index >= 15 is 0 Å². The fourth-order valence-corrected chi connectivity index (χ4v) is 7.48. The number of carbonyl (C=O) groups is 2. The Kier molecular flexibility index (Phi) is 5.16. The average molecular weight is 527 g/mol. The van der Waals surface area contributed by atoms with Gasteiger partial charge in [0, 0.05) is 78.1 Å². The minimum Gasteiger partial charge on any atom is -0.350 e. The standard InChI is InChI=1S/C34H30N4O2/c1-36-20-26(24-11-5-7-13-27(24)36)31-32(34(40)35-33(31)39)30-25-12-6-8-14-28(25)38-19-23-18-37(17-22(23)15-29(30)38)16-21-9-3-2-4-10-21/h2-14,20,22-23H,15-19H2,1H3,(H,35,39,40)/t22-,23-/m1/s1. The highest BCUT2D eigenvalue weighted by atomic mass is 16.2.